The molecule has 0 saturated heterocycles. The number of H-pyrrole nitrogens is 1. The molecule has 2 N–H and O–H groups in total. The highest BCUT2D eigenvalue weighted by molar-refractivity contribution is 7.17. The molecule has 3 aromatic rings. The zero-order chi connectivity index (χ0) is 17.8. The van der Waals surface area contributed by atoms with Crippen molar-refractivity contribution in [2.24, 2.45) is 0 Å². The summed E-state index contributed by atoms with van der Waals surface area (Å²) in [6, 6.07) is 6.30. The lowest BCUT2D eigenvalue weighted by molar-refractivity contribution is 0.194. The minimum atomic E-state index is -0.0733. The first-order valence-electron chi connectivity index (χ1n) is 8.38. The quantitative estimate of drug-likeness (QED) is 0.636. The lowest BCUT2D eigenvalue weighted by Gasteiger charge is -2.07. The van der Waals surface area contributed by atoms with Crippen LogP contribution >= 0.6 is 11.3 Å². The van der Waals surface area contributed by atoms with Crippen LogP contribution in [-0.4, -0.2) is 30.2 Å². The van der Waals surface area contributed by atoms with Gasteiger partial charge in [-0.25, -0.2) is 4.98 Å². The van der Waals surface area contributed by atoms with E-state index in [1.54, 1.807) is 7.11 Å². The van der Waals surface area contributed by atoms with Gasteiger partial charge in [-0.2, -0.15) is 0 Å². The van der Waals surface area contributed by atoms with Crippen LogP contribution in [0, 0.1) is 13.8 Å². The van der Waals surface area contributed by atoms with E-state index in [2.05, 4.69) is 47.3 Å². The van der Waals surface area contributed by atoms with Gasteiger partial charge in [0.15, 0.2) is 0 Å². The monoisotopic (exact) mass is 357 g/mol. The van der Waals surface area contributed by atoms with Crippen LogP contribution in [-0.2, 0) is 11.3 Å². The number of benzene rings is 1. The number of nitrogens with zero attached hydrogens (tertiary/aromatic N) is 1. The fraction of sp³-hybridized carbons (Fsp3) is 0.368. The van der Waals surface area contributed by atoms with Crippen molar-refractivity contribution in [2.45, 2.75) is 26.8 Å². The SMILES string of the molecule is COCCCNCc1nc2scc(-c3cc(C)ccc3C)c2c(=O)[nH]1. The van der Waals surface area contributed by atoms with Crippen molar-refractivity contribution in [1.82, 2.24) is 15.3 Å². The minimum absolute atomic E-state index is 0.0733. The molecule has 0 aliphatic rings. The summed E-state index contributed by atoms with van der Waals surface area (Å²) >= 11 is 1.52. The molecule has 0 saturated carbocycles. The van der Waals surface area contributed by atoms with E-state index in [0.717, 1.165) is 41.1 Å². The van der Waals surface area contributed by atoms with E-state index in [0.29, 0.717) is 17.8 Å². The summed E-state index contributed by atoms with van der Waals surface area (Å²) in [5.74, 6) is 0.671. The van der Waals surface area contributed by atoms with E-state index in [1.807, 2.05) is 5.38 Å². The van der Waals surface area contributed by atoms with E-state index >= 15 is 0 Å². The summed E-state index contributed by atoms with van der Waals surface area (Å²) in [6.07, 6.45) is 0.929. The van der Waals surface area contributed by atoms with Crippen LogP contribution < -0.4 is 10.9 Å². The number of aromatic amines is 1. The van der Waals surface area contributed by atoms with Crippen LogP contribution in [0.3, 0.4) is 0 Å². The Kier molecular flexibility index (Phi) is 5.63. The second-order valence-electron chi connectivity index (χ2n) is 6.18. The Bertz CT molecular complexity index is 930. The van der Waals surface area contributed by atoms with Gasteiger partial charge in [0, 0.05) is 24.7 Å². The number of aromatic nitrogens is 2. The van der Waals surface area contributed by atoms with E-state index in [1.165, 1.54) is 16.9 Å². The van der Waals surface area contributed by atoms with Crippen LogP contribution in [0.25, 0.3) is 21.3 Å². The second-order valence-corrected chi connectivity index (χ2v) is 7.04. The van der Waals surface area contributed by atoms with Gasteiger partial charge in [-0.05, 0) is 37.9 Å². The van der Waals surface area contributed by atoms with Crippen molar-refractivity contribution < 1.29 is 4.74 Å². The number of rotatable bonds is 7. The van der Waals surface area contributed by atoms with E-state index < -0.39 is 0 Å². The van der Waals surface area contributed by atoms with Crippen LogP contribution in [0.2, 0.25) is 0 Å². The first kappa shape index (κ1) is 17.8. The second kappa shape index (κ2) is 7.91. The lowest BCUT2D eigenvalue weighted by atomic mass is 9.99. The fourth-order valence-electron chi connectivity index (χ4n) is 2.85. The zero-order valence-corrected chi connectivity index (χ0v) is 15.6. The normalized spacial score (nSPS) is 11.3. The third-order valence-corrected chi connectivity index (χ3v) is 5.04. The van der Waals surface area contributed by atoms with Crippen molar-refractivity contribution in [3.63, 3.8) is 0 Å². The molecule has 0 amide bonds. The minimum Gasteiger partial charge on any atom is -0.385 e. The topological polar surface area (TPSA) is 67.0 Å². The van der Waals surface area contributed by atoms with Gasteiger partial charge in [-0.3, -0.25) is 4.79 Å². The molecular weight excluding hydrogens is 334 g/mol. The number of nitrogens with one attached hydrogen (secondary N) is 2. The van der Waals surface area contributed by atoms with Crippen LogP contribution in [0.15, 0.2) is 28.4 Å². The van der Waals surface area contributed by atoms with Crippen molar-refractivity contribution >= 4 is 21.6 Å². The van der Waals surface area contributed by atoms with Crippen molar-refractivity contribution in [1.29, 1.82) is 0 Å². The van der Waals surface area contributed by atoms with Gasteiger partial charge in [-0.15, -0.1) is 11.3 Å². The summed E-state index contributed by atoms with van der Waals surface area (Å²) in [5, 5.41) is 5.99. The van der Waals surface area contributed by atoms with Crippen molar-refractivity contribution in [3.05, 3.63) is 50.9 Å². The summed E-state index contributed by atoms with van der Waals surface area (Å²) in [4.78, 5) is 21.0. The molecule has 0 aliphatic carbocycles. The molecule has 0 bridgehead atoms. The molecule has 1 aromatic carbocycles. The molecule has 2 aromatic heterocycles. The van der Waals surface area contributed by atoms with Gasteiger partial charge in [0.25, 0.3) is 5.56 Å². The average molecular weight is 357 g/mol. The average Bonchev–Trinajstić information content (AvgIpc) is 3.01. The predicted octanol–water partition coefficient (Wildman–Crippen LogP) is 3.39. The molecule has 6 heteroatoms. The number of hydrogen-bond acceptors (Lipinski definition) is 5. The van der Waals surface area contributed by atoms with E-state index in [-0.39, 0.29) is 5.56 Å². The number of fused-ring (bicyclic) bond motifs is 1. The molecule has 0 unspecified atom stereocenters. The smallest absolute Gasteiger partial charge is 0.260 e. The van der Waals surface area contributed by atoms with Gasteiger partial charge in [-0.1, -0.05) is 23.8 Å². The highest BCUT2D eigenvalue weighted by Gasteiger charge is 2.14. The maximum atomic E-state index is 12.6. The lowest BCUT2D eigenvalue weighted by Crippen LogP contribution is -2.20. The Morgan fingerprint density at radius 3 is 2.92 bits per heavy atom. The molecule has 0 radical (unpaired) electrons. The molecule has 0 atom stereocenters. The molecule has 25 heavy (non-hydrogen) atoms. The summed E-state index contributed by atoms with van der Waals surface area (Å²) in [6.45, 7) is 6.23. The molecular formula is C19H23N3O2S. The Hall–Kier alpha value is -2.02. The molecule has 132 valence electrons. The molecule has 0 aliphatic heterocycles. The van der Waals surface area contributed by atoms with Crippen molar-refractivity contribution in [2.75, 3.05) is 20.3 Å². The van der Waals surface area contributed by atoms with Crippen LogP contribution in [0.5, 0.6) is 0 Å². The van der Waals surface area contributed by atoms with Gasteiger partial charge in [0.05, 0.1) is 11.9 Å². The Morgan fingerprint density at radius 2 is 2.12 bits per heavy atom. The highest BCUT2D eigenvalue weighted by Crippen LogP contribution is 2.33. The van der Waals surface area contributed by atoms with E-state index in [4.69, 9.17) is 4.74 Å². The van der Waals surface area contributed by atoms with Gasteiger partial charge < -0.3 is 15.0 Å². The third kappa shape index (κ3) is 3.98. The number of aryl methyl sites for hydroxylation is 2. The number of hydrogen-bond donors (Lipinski definition) is 2. The summed E-state index contributed by atoms with van der Waals surface area (Å²) in [5.41, 5.74) is 4.34. The summed E-state index contributed by atoms with van der Waals surface area (Å²) < 4.78 is 5.02. The molecule has 5 nitrogen and oxygen atoms in total. The molecule has 3 rings (SSSR count). The third-order valence-electron chi connectivity index (χ3n) is 4.17. The number of ether oxygens (including phenoxy) is 1. The van der Waals surface area contributed by atoms with Crippen LogP contribution in [0.4, 0.5) is 0 Å². The predicted molar refractivity (Wildman–Crippen MR) is 103 cm³/mol. The van der Waals surface area contributed by atoms with Crippen molar-refractivity contribution in [3.8, 4) is 11.1 Å². The first-order valence-corrected chi connectivity index (χ1v) is 9.26. The maximum absolute atomic E-state index is 12.6. The number of methoxy groups -OCH3 is 1. The van der Waals surface area contributed by atoms with Gasteiger partial charge in [0.2, 0.25) is 0 Å². The first-order chi connectivity index (χ1) is 12.1. The molecule has 0 fully saturated rings. The standard InChI is InChI=1S/C19H23N3O2S/c1-12-5-6-13(2)14(9-12)15-11-25-19-17(15)18(23)21-16(22-19)10-20-7-4-8-24-3/h5-6,9,11,20H,4,7-8,10H2,1-3H3,(H,21,22,23). The largest absolute Gasteiger partial charge is 0.385 e. The van der Waals surface area contributed by atoms with Crippen LogP contribution in [0.1, 0.15) is 23.4 Å². The highest BCUT2D eigenvalue weighted by atomic mass is 32.1. The van der Waals surface area contributed by atoms with Gasteiger partial charge in [0.1, 0.15) is 10.7 Å². The van der Waals surface area contributed by atoms with Gasteiger partial charge >= 0.3 is 0 Å². The number of thiophene rings is 1. The summed E-state index contributed by atoms with van der Waals surface area (Å²) in [7, 11) is 1.69. The Balaban J connectivity index is 1.89. The van der Waals surface area contributed by atoms with E-state index in [9.17, 15) is 4.79 Å². The molecule has 2 heterocycles. The molecule has 0 spiro atoms. The Labute approximate surface area is 151 Å². The maximum Gasteiger partial charge on any atom is 0.260 e. The Morgan fingerprint density at radius 1 is 1.28 bits per heavy atom. The zero-order valence-electron chi connectivity index (χ0n) is 14.8. The fourth-order valence-corrected chi connectivity index (χ4v) is 3.81.